The SMILES string of the molecule is Cc1ccccc1CN(C)c1ccc(CCN)cn1. The van der Waals surface area contributed by atoms with Crippen LogP contribution in [-0.2, 0) is 13.0 Å². The van der Waals surface area contributed by atoms with Crippen molar-refractivity contribution >= 4 is 5.82 Å². The van der Waals surface area contributed by atoms with Crippen molar-refractivity contribution in [2.24, 2.45) is 5.73 Å². The zero-order valence-corrected chi connectivity index (χ0v) is 11.6. The second kappa shape index (κ2) is 6.34. The molecule has 0 saturated heterocycles. The topological polar surface area (TPSA) is 42.1 Å². The summed E-state index contributed by atoms with van der Waals surface area (Å²) in [5, 5.41) is 0. The predicted octanol–water partition coefficient (Wildman–Crippen LogP) is 2.53. The summed E-state index contributed by atoms with van der Waals surface area (Å²) >= 11 is 0. The van der Waals surface area contributed by atoms with Gasteiger partial charge < -0.3 is 10.6 Å². The minimum atomic E-state index is 0.667. The Kier molecular flexibility index (Phi) is 4.53. The average Bonchev–Trinajstić information content (AvgIpc) is 2.42. The Morgan fingerprint density at radius 1 is 1.16 bits per heavy atom. The number of aryl methyl sites for hydroxylation is 1. The Labute approximate surface area is 115 Å². The standard InChI is InChI=1S/C16H21N3/c1-13-5-3-4-6-15(13)12-19(2)16-8-7-14(9-10-17)11-18-16/h3-8,11H,9-10,12,17H2,1-2H3. The maximum Gasteiger partial charge on any atom is 0.128 e. The number of anilines is 1. The molecule has 100 valence electrons. The summed E-state index contributed by atoms with van der Waals surface area (Å²) in [6.07, 6.45) is 2.80. The normalized spacial score (nSPS) is 10.5. The zero-order valence-electron chi connectivity index (χ0n) is 11.6. The highest BCUT2D eigenvalue weighted by Gasteiger charge is 2.05. The maximum absolute atomic E-state index is 5.54. The third-order valence-corrected chi connectivity index (χ3v) is 3.30. The second-order valence-corrected chi connectivity index (χ2v) is 4.85. The molecular weight excluding hydrogens is 234 g/mol. The fourth-order valence-electron chi connectivity index (χ4n) is 2.08. The van der Waals surface area contributed by atoms with Crippen molar-refractivity contribution in [2.45, 2.75) is 19.9 Å². The molecule has 2 rings (SSSR count). The van der Waals surface area contributed by atoms with Gasteiger partial charge in [-0.25, -0.2) is 4.98 Å². The van der Waals surface area contributed by atoms with Crippen molar-refractivity contribution in [3.05, 3.63) is 59.3 Å². The molecule has 19 heavy (non-hydrogen) atoms. The number of aromatic nitrogens is 1. The van der Waals surface area contributed by atoms with Gasteiger partial charge in [0.1, 0.15) is 5.82 Å². The van der Waals surface area contributed by atoms with E-state index < -0.39 is 0 Å². The van der Waals surface area contributed by atoms with E-state index >= 15 is 0 Å². The molecule has 0 aliphatic heterocycles. The van der Waals surface area contributed by atoms with Crippen LogP contribution in [0.3, 0.4) is 0 Å². The van der Waals surface area contributed by atoms with E-state index in [0.717, 1.165) is 18.8 Å². The third kappa shape index (κ3) is 3.55. The second-order valence-electron chi connectivity index (χ2n) is 4.85. The molecule has 0 aliphatic rings. The van der Waals surface area contributed by atoms with E-state index in [-0.39, 0.29) is 0 Å². The van der Waals surface area contributed by atoms with Crippen LogP contribution in [-0.4, -0.2) is 18.6 Å². The average molecular weight is 255 g/mol. The minimum Gasteiger partial charge on any atom is -0.355 e. The Morgan fingerprint density at radius 2 is 1.95 bits per heavy atom. The lowest BCUT2D eigenvalue weighted by Crippen LogP contribution is -2.18. The molecule has 0 radical (unpaired) electrons. The Morgan fingerprint density at radius 3 is 2.58 bits per heavy atom. The molecule has 0 aliphatic carbocycles. The van der Waals surface area contributed by atoms with Gasteiger partial charge in [0.05, 0.1) is 0 Å². The van der Waals surface area contributed by atoms with E-state index in [1.165, 1.54) is 16.7 Å². The highest BCUT2D eigenvalue weighted by atomic mass is 15.2. The summed E-state index contributed by atoms with van der Waals surface area (Å²) in [4.78, 5) is 6.65. The first-order valence-corrected chi connectivity index (χ1v) is 6.61. The van der Waals surface area contributed by atoms with Crippen LogP contribution in [0.1, 0.15) is 16.7 Å². The van der Waals surface area contributed by atoms with Gasteiger partial charge in [0.2, 0.25) is 0 Å². The van der Waals surface area contributed by atoms with Gasteiger partial charge in [-0.05, 0) is 42.6 Å². The summed E-state index contributed by atoms with van der Waals surface area (Å²) in [5.41, 5.74) is 9.37. The fourth-order valence-corrected chi connectivity index (χ4v) is 2.08. The van der Waals surface area contributed by atoms with Gasteiger partial charge in [0, 0.05) is 19.8 Å². The molecule has 3 nitrogen and oxygen atoms in total. The summed E-state index contributed by atoms with van der Waals surface area (Å²) in [6.45, 7) is 3.68. The van der Waals surface area contributed by atoms with E-state index in [4.69, 9.17) is 5.73 Å². The van der Waals surface area contributed by atoms with E-state index in [0.29, 0.717) is 6.54 Å². The smallest absolute Gasteiger partial charge is 0.128 e. The van der Waals surface area contributed by atoms with Crippen LogP contribution in [0.4, 0.5) is 5.82 Å². The molecule has 2 aromatic rings. The van der Waals surface area contributed by atoms with Crippen LogP contribution in [0.25, 0.3) is 0 Å². The first kappa shape index (κ1) is 13.6. The van der Waals surface area contributed by atoms with Gasteiger partial charge in [-0.3, -0.25) is 0 Å². The molecule has 0 amide bonds. The van der Waals surface area contributed by atoms with E-state index in [2.05, 4.69) is 60.3 Å². The number of pyridine rings is 1. The number of nitrogens with zero attached hydrogens (tertiary/aromatic N) is 2. The molecule has 1 aromatic carbocycles. The summed E-state index contributed by atoms with van der Waals surface area (Å²) < 4.78 is 0. The number of benzene rings is 1. The van der Waals surface area contributed by atoms with Gasteiger partial charge in [-0.15, -0.1) is 0 Å². The van der Waals surface area contributed by atoms with Gasteiger partial charge in [-0.2, -0.15) is 0 Å². The molecule has 2 N–H and O–H groups in total. The molecule has 0 unspecified atom stereocenters. The van der Waals surface area contributed by atoms with Crippen molar-refractivity contribution in [3.63, 3.8) is 0 Å². The van der Waals surface area contributed by atoms with Crippen molar-refractivity contribution in [2.75, 3.05) is 18.5 Å². The summed E-state index contributed by atoms with van der Waals surface area (Å²) in [6, 6.07) is 12.6. The number of hydrogen-bond donors (Lipinski definition) is 1. The van der Waals surface area contributed by atoms with Gasteiger partial charge >= 0.3 is 0 Å². The molecular formula is C16H21N3. The maximum atomic E-state index is 5.54. The molecule has 0 bridgehead atoms. The van der Waals surface area contributed by atoms with Gasteiger partial charge in [-0.1, -0.05) is 30.3 Å². The lowest BCUT2D eigenvalue weighted by molar-refractivity contribution is 0.883. The molecule has 0 spiro atoms. The zero-order chi connectivity index (χ0) is 13.7. The van der Waals surface area contributed by atoms with Crippen LogP contribution >= 0.6 is 0 Å². The van der Waals surface area contributed by atoms with E-state index in [1.54, 1.807) is 0 Å². The van der Waals surface area contributed by atoms with Crippen molar-refractivity contribution < 1.29 is 0 Å². The number of nitrogens with two attached hydrogens (primary N) is 1. The molecule has 0 saturated carbocycles. The molecule has 0 atom stereocenters. The number of rotatable bonds is 5. The summed E-state index contributed by atoms with van der Waals surface area (Å²) in [7, 11) is 2.07. The van der Waals surface area contributed by atoms with Crippen LogP contribution in [0, 0.1) is 6.92 Å². The lowest BCUT2D eigenvalue weighted by Gasteiger charge is -2.19. The third-order valence-electron chi connectivity index (χ3n) is 3.30. The fraction of sp³-hybridized carbons (Fsp3) is 0.312. The first-order valence-electron chi connectivity index (χ1n) is 6.61. The van der Waals surface area contributed by atoms with Crippen LogP contribution in [0.15, 0.2) is 42.6 Å². The molecule has 1 aromatic heterocycles. The quantitative estimate of drug-likeness (QED) is 0.892. The summed E-state index contributed by atoms with van der Waals surface area (Å²) in [5.74, 6) is 0.990. The molecule has 1 heterocycles. The first-order chi connectivity index (χ1) is 9.20. The molecule has 3 heteroatoms. The highest BCUT2D eigenvalue weighted by Crippen LogP contribution is 2.15. The largest absolute Gasteiger partial charge is 0.355 e. The number of hydrogen-bond acceptors (Lipinski definition) is 3. The predicted molar refractivity (Wildman–Crippen MR) is 80.3 cm³/mol. The van der Waals surface area contributed by atoms with Crippen LogP contribution in [0.2, 0.25) is 0 Å². The van der Waals surface area contributed by atoms with Crippen molar-refractivity contribution in [1.29, 1.82) is 0 Å². The Hall–Kier alpha value is -1.87. The van der Waals surface area contributed by atoms with Gasteiger partial charge in [0.15, 0.2) is 0 Å². The van der Waals surface area contributed by atoms with Crippen LogP contribution in [0.5, 0.6) is 0 Å². The van der Waals surface area contributed by atoms with Crippen molar-refractivity contribution in [1.82, 2.24) is 4.98 Å². The monoisotopic (exact) mass is 255 g/mol. The lowest BCUT2D eigenvalue weighted by atomic mass is 10.1. The Bertz CT molecular complexity index is 520. The minimum absolute atomic E-state index is 0.667. The van der Waals surface area contributed by atoms with Crippen molar-refractivity contribution in [3.8, 4) is 0 Å². The van der Waals surface area contributed by atoms with Crippen LogP contribution < -0.4 is 10.6 Å². The molecule has 0 fully saturated rings. The van der Waals surface area contributed by atoms with E-state index in [1.807, 2.05) is 6.20 Å². The Balaban J connectivity index is 2.07. The highest BCUT2D eigenvalue weighted by molar-refractivity contribution is 5.40. The van der Waals surface area contributed by atoms with Gasteiger partial charge in [0.25, 0.3) is 0 Å². The van der Waals surface area contributed by atoms with E-state index in [9.17, 15) is 0 Å².